The van der Waals surface area contributed by atoms with Gasteiger partial charge in [-0.05, 0) is 81.7 Å². The van der Waals surface area contributed by atoms with Gasteiger partial charge in [-0.3, -0.25) is 9.36 Å². The largest absolute Gasteiger partial charge is 0.370 e. The van der Waals surface area contributed by atoms with Crippen molar-refractivity contribution in [3.63, 3.8) is 0 Å². The fourth-order valence-corrected chi connectivity index (χ4v) is 7.12. The Hall–Kier alpha value is -2.68. The number of aryl methyl sites for hydroxylation is 1. The number of halogens is 1. The molecule has 2 saturated heterocycles. The lowest BCUT2D eigenvalue weighted by Crippen LogP contribution is -2.43. The number of hydrogen-bond donors (Lipinski definition) is 2. The van der Waals surface area contributed by atoms with Gasteiger partial charge in [-0.15, -0.1) is 0 Å². The molecule has 6 rings (SSSR count). The van der Waals surface area contributed by atoms with Crippen molar-refractivity contribution < 1.29 is 0 Å². The summed E-state index contributed by atoms with van der Waals surface area (Å²) < 4.78 is 1.88. The summed E-state index contributed by atoms with van der Waals surface area (Å²) in [6.07, 6.45) is 11.3. The summed E-state index contributed by atoms with van der Waals surface area (Å²) in [6.45, 7) is 9.94. The molecule has 9 heteroatoms. The predicted octanol–water partition coefficient (Wildman–Crippen LogP) is 5.51. The number of pyridine rings is 1. The Morgan fingerprint density at radius 3 is 2.58 bits per heavy atom. The molecule has 3 fully saturated rings. The number of piperazine rings is 1. The number of anilines is 3. The molecule has 4 heterocycles. The Kier molecular flexibility index (Phi) is 8.56. The zero-order valence-electron chi connectivity index (χ0n) is 23.7. The second kappa shape index (κ2) is 12.5. The first-order valence-electron chi connectivity index (χ1n) is 15.2. The van der Waals surface area contributed by atoms with Crippen LogP contribution in [0.3, 0.4) is 0 Å². The molecule has 2 aromatic heterocycles. The van der Waals surface area contributed by atoms with E-state index in [4.69, 9.17) is 16.6 Å². The lowest BCUT2D eigenvalue weighted by atomic mass is 9.92. The summed E-state index contributed by atoms with van der Waals surface area (Å²) >= 11 is 6.80. The van der Waals surface area contributed by atoms with Crippen molar-refractivity contribution in [3.05, 3.63) is 51.4 Å². The van der Waals surface area contributed by atoms with Gasteiger partial charge in [0, 0.05) is 68.6 Å². The van der Waals surface area contributed by atoms with Crippen LogP contribution < -0.4 is 21.1 Å². The third kappa shape index (κ3) is 6.14. The molecule has 3 aromatic rings. The summed E-state index contributed by atoms with van der Waals surface area (Å²) in [5, 5.41) is 8.44. The van der Waals surface area contributed by atoms with Crippen LogP contribution in [0.25, 0.3) is 11.0 Å². The molecule has 1 aliphatic carbocycles. The molecule has 3 aliphatic rings. The topological polar surface area (TPSA) is 78.3 Å². The summed E-state index contributed by atoms with van der Waals surface area (Å²) in [6, 6.07) is 8.04. The number of hydrogen-bond acceptors (Lipinski definition) is 7. The van der Waals surface area contributed by atoms with Crippen molar-refractivity contribution in [1.82, 2.24) is 24.8 Å². The van der Waals surface area contributed by atoms with Crippen LogP contribution in [0, 0.1) is 12.8 Å². The van der Waals surface area contributed by atoms with Crippen molar-refractivity contribution in [2.24, 2.45) is 5.92 Å². The summed E-state index contributed by atoms with van der Waals surface area (Å²) in [5.41, 5.74) is 3.59. The average molecular weight is 564 g/mol. The molecule has 0 amide bonds. The Morgan fingerprint density at radius 1 is 1.05 bits per heavy atom. The molecule has 2 N–H and O–H groups in total. The smallest absolute Gasteiger partial charge is 0.252 e. The van der Waals surface area contributed by atoms with Gasteiger partial charge in [0.2, 0.25) is 5.95 Å². The normalized spacial score (nSPS) is 19.5. The van der Waals surface area contributed by atoms with E-state index in [1.165, 1.54) is 45.3 Å². The van der Waals surface area contributed by atoms with Gasteiger partial charge in [-0.2, -0.15) is 4.98 Å². The van der Waals surface area contributed by atoms with Gasteiger partial charge in [0.15, 0.2) is 0 Å². The summed E-state index contributed by atoms with van der Waals surface area (Å²) in [5.74, 6) is 1.30. The van der Waals surface area contributed by atoms with E-state index in [1.807, 2.05) is 23.8 Å². The maximum Gasteiger partial charge on any atom is 0.252 e. The average Bonchev–Trinajstić information content (AvgIpc) is 3.49. The van der Waals surface area contributed by atoms with Crippen LogP contribution in [-0.2, 0) is 0 Å². The minimum absolute atomic E-state index is 0.0252. The van der Waals surface area contributed by atoms with Gasteiger partial charge in [-0.25, -0.2) is 4.98 Å². The number of piperidine rings is 1. The van der Waals surface area contributed by atoms with E-state index in [0.717, 1.165) is 85.1 Å². The van der Waals surface area contributed by atoms with Crippen molar-refractivity contribution >= 4 is 40.0 Å². The first kappa shape index (κ1) is 27.5. The van der Waals surface area contributed by atoms with Gasteiger partial charge >= 0.3 is 0 Å². The Balaban J connectivity index is 1.09. The molecule has 40 heavy (non-hydrogen) atoms. The Labute approximate surface area is 242 Å². The van der Waals surface area contributed by atoms with Gasteiger partial charge in [0.25, 0.3) is 5.56 Å². The third-order valence-corrected chi connectivity index (χ3v) is 9.45. The van der Waals surface area contributed by atoms with Crippen LogP contribution >= 0.6 is 11.6 Å². The Bertz CT molecular complexity index is 1370. The molecule has 214 valence electrons. The van der Waals surface area contributed by atoms with Crippen molar-refractivity contribution in [1.29, 1.82) is 0 Å². The lowest BCUT2D eigenvalue weighted by Gasteiger charge is -2.35. The van der Waals surface area contributed by atoms with Crippen molar-refractivity contribution in [2.45, 2.75) is 64.3 Å². The minimum atomic E-state index is 0.0252. The van der Waals surface area contributed by atoms with Crippen LogP contribution in [-0.4, -0.2) is 65.2 Å². The summed E-state index contributed by atoms with van der Waals surface area (Å²) in [4.78, 5) is 27.3. The number of aromatic nitrogens is 3. The van der Waals surface area contributed by atoms with Crippen LogP contribution in [0.4, 0.5) is 17.3 Å². The van der Waals surface area contributed by atoms with E-state index in [2.05, 4.69) is 37.6 Å². The number of nitrogens with zero attached hydrogens (tertiary/aromatic N) is 5. The van der Waals surface area contributed by atoms with Gasteiger partial charge in [0.1, 0.15) is 5.65 Å². The zero-order chi connectivity index (χ0) is 27.5. The molecule has 0 atom stereocenters. The predicted molar refractivity (Wildman–Crippen MR) is 164 cm³/mol. The lowest BCUT2D eigenvalue weighted by molar-refractivity contribution is 0.227. The quantitative estimate of drug-likeness (QED) is 0.374. The monoisotopic (exact) mass is 563 g/mol. The molecule has 0 unspecified atom stereocenters. The van der Waals surface area contributed by atoms with E-state index >= 15 is 0 Å². The van der Waals surface area contributed by atoms with Crippen molar-refractivity contribution in [3.8, 4) is 0 Å². The van der Waals surface area contributed by atoms with Gasteiger partial charge in [0.05, 0.1) is 10.7 Å². The molecular formula is C31H42ClN7O. The molecule has 2 aliphatic heterocycles. The van der Waals surface area contributed by atoms with Gasteiger partial charge in [-0.1, -0.05) is 24.4 Å². The molecule has 1 aromatic carbocycles. The van der Waals surface area contributed by atoms with E-state index in [-0.39, 0.29) is 11.6 Å². The SMILES string of the molecule is Cc1cc(=O)n(C2CCCC2)c2nc(Nc3ccc(N4CCC(CCCN5CCNCC5)CC4)c(Cl)c3)ncc12. The Morgan fingerprint density at radius 2 is 1.82 bits per heavy atom. The van der Waals surface area contributed by atoms with E-state index in [1.54, 1.807) is 6.07 Å². The fourth-order valence-electron chi connectivity index (χ4n) is 6.82. The minimum Gasteiger partial charge on any atom is -0.370 e. The highest BCUT2D eigenvalue weighted by atomic mass is 35.5. The van der Waals surface area contributed by atoms with Crippen LogP contribution in [0.2, 0.25) is 5.02 Å². The summed E-state index contributed by atoms with van der Waals surface area (Å²) in [7, 11) is 0. The number of fused-ring (bicyclic) bond motifs is 1. The molecule has 0 spiro atoms. The van der Waals surface area contributed by atoms with Gasteiger partial charge < -0.3 is 20.4 Å². The van der Waals surface area contributed by atoms with Crippen LogP contribution in [0.15, 0.2) is 35.3 Å². The van der Waals surface area contributed by atoms with Crippen molar-refractivity contribution in [2.75, 3.05) is 56.0 Å². The van der Waals surface area contributed by atoms with E-state index in [9.17, 15) is 4.79 Å². The van der Waals surface area contributed by atoms with E-state index < -0.39 is 0 Å². The molecule has 0 bridgehead atoms. The van der Waals surface area contributed by atoms with Crippen LogP contribution in [0.1, 0.15) is 63.0 Å². The maximum atomic E-state index is 12.9. The molecule has 0 radical (unpaired) electrons. The first-order valence-corrected chi connectivity index (χ1v) is 15.6. The fraction of sp³-hybridized carbons (Fsp3) is 0.581. The number of benzene rings is 1. The molecule has 8 nitrogen and oxygen atoms in total. The second-order valence-corrected chi connectivity index (χ2v) is 12.3. The highest BCUT2D eigenvalue weighted by Gasteiger charge is 2.23. The third-order valence-electron chi connectivity index (χ3n) is 9.14. The number of nitrogens with one attached hydrogen (secondary N) is 2. The standard InChI is InChI=1S/C31H42ClN7O/c1-22-19-29(40)39(25-6-2-3-7-25)30-26(22)21-34-31(36-30)35-24-8-9-28(27(32)20-24)38-15-10-23(11-16-38)5-4-14-37-17-12-33-13-18-37/h8-9,19-21,23,25,33H,2-7,10-18H2,1H3,(H,34,35,36). The highest BCUT2D eigenvalue weighted by molar-refractivity contribution is 6.33. The first-order chi connectivity index (χ1) is 19.5. The zero-order valence-corrected chi connectivity index (χ0v) is 24.4. The highest BCUT2D eigenvalue weighted by Crippen LogP contribution is 2.34. The number of rotatable bonds is 8. The van der Waals surface area contributed by atoms with E-state index in [0.29, 0.717) is 11.6 Å². The molecule has 1 saturated carbocycles. The molecular weight excluding hydrogens is 522 g/mol. The maximum absolute atomic E-state index is 12.9. The van der Waals surface area contributed by atoms with Crippen LogP contribution in [0.5, 0.6) is 0 Å². The second-order valence-electron chi connectivity index (χ2n) is 11.9.